The molecule has 0 nitrogen and oxygen atoms in total. The maximum Gasteiger partial charge on any atom is 0.0602 e. The summed E-state index contributed by atoms with van der Waals surface area (Å²) in [6.45, 7) is 9.53. The summed E-state index contributed by atoms with van der Waals surface area (Å²) in [7, 11) is -0.567. The van der Waals surface area contributed by atoms with E-state index < -0.39 is 8.80 Å². The Morgan fingerprint density at radius 2 is 1.92 bits per heavy atom. The van der Waals surface area contributed by atoms with E-state index >= 15 is 0 Å². The molecule has 0 fully saturated rings. The van der Waals surface area contributed by atoms with E-state index in [0.717, 1.165) is 0 Å². The Morgan fingerprint density at radius 1 is 1.33 bits per heavy atom. The molecule has 0 aromatic carbocycles. The fraction of sp³-hybridized carbons (Fsp3) is 0.600. The maximum atomic E-state index is 2.41. The summed E-state index contributed by atoms with van der Waals surface area (Å²) < 4.78 is 0. The van der Waals surface area contributed by atoms with E-state index in [2.05, 4.69) is 45.2 Å². The second-order valence-corrected chi connectivity index (χ2v) is 7.22. The Hall–Kier alpha value is 0.411. The van der Waals surface area contributed by atoms with Crippen molar-refractivity contribution < 1.29 is 21.7 Å². The molecule has 0 atom stereocenters. The first kappa shape index (κ1) is 12.4. The van der Waals surface area contributed by atoms with Gasteiger partial charge in [-0.3, -0.25) is 0 Å². The normalized spacial score (nSPS) is 20.2. The van der Waals surface area contributed by atoms with Gasteiger partial charge in [-0.25, -0.2) is 0 Å². The van der Waals surface area contributed by atoms with E-state index in [1.54, 1.807) is 5.20 Å². The Morgan fingerprint density at radius 3 is 2.25 bits per heavy atom. The van der Waals surface area contributed by atoms with Gasteiger partial charge in [0, 0.05) is 21.7 Å². The molecule has 1 aliphatic rings. The van der Waals surface area contributed by atoms with Gasteiger partial charge in [0.05, 0.1) is 8.80 Å². The van der Waals surface area contributed by atoms with Crippen molar-refractivity contribution >= 4 is 8.80 Å². The molecule has 0 heterocycles. The second kappa shape index (κ2) is 4.59. The van der Waals surface area contributed by atoms with Crippen LogP contribution >= 0.6 is 0 Å². The summed E-state index contributed by atoms with van der Waals surface area (Å²) in [5.41, 5.74) is 0.454. The van der Waals surface area contributed by atoms with Crippen LogP contribution in [-0.2, 0) is 21.7 Å². The topological polar surface area (TPSA) is 0 Å². The molecule has 0 aromatic rings. The van der Waals surface area contributed by atoms with Crippen LogP contribution in [0.3, 0.4) is 0 Å². The van der Waals surface area contributed by atoms with Crippen molar-refractivity contribution in [3.63, 3.8) is 0 Å². The number of rotatable bonds is 1. The standard InChI is InChI=1S/C10H18Si.Ti/c1-10(2)8-6-5-7-9(10)11(3)4;/h5-7,11H,8H2,1-4H3;. The molecule has 2 heteroatoms. The van der Waals surface area contributed by atoms with Crippen LogP contribution in [0.5, 0.6) is 0 Å². The largest absolute Gasteiger partial charge is 0.0837 e. The zero-order chi connectivity index (χ0) is 8.48. The molecule has 0 bridgehead atoms. The summed E-state index contributed by atoms with van der Waals surface area (Å²) in [4.78, 5) is 0. The summed E-state index contributed by atoms with van der Waals surface area (Å²) in [5.74, 6) is 0. The molecular weight excluding hydrogens is 196 g/mol. The maximum absolute atomic E-state index is 2.41. The summed E-state index contributed by atoms with van der Waals surface area (Å²) in [5, 5.41) is 1.72. The van der Waals surface area contributed by atoms with Crippen LogP contribution in [0.1, 0.15) is 20.3 Å². The molecule has 0 saturated carbocycles. The minimum atomic E-state index is -0.567. The zero-order valence-electron chi connectivity index (χ0n) is 8.52. The van der Waals surface area contributed by atoms with Crippen molar-refractivity contribution in [2.75, 3.05) is 0 Å². The first-order valence-electron chi connectivity index (χ1n) is 4.41. The van der Waals surface area contributed by atoms with Gasteiger partial charge in [0.15, 0.2) is 0 Å². The third-order valence-electron chi connectivity index (χ3n) is 2.44. The monoisotopic (exact) mass is 214 g/mol. The quantitative estimate of drug-likeness (QED) is 0.589. The van der Waals surface area contributed by atoms with Crippen molar-refractivity contribution in [3.05, 3.63) is 23.4 Å². The molecule has 0 N–H and O–H groups in total. The van der Waals surface area contributed by atoms with E-state index in [4.69, 9.17) is 0 Å². The molecule has 0 saturated heterocycles. The van der Waals surface area contributed by atoms with Crippen LogP contribution in [0.15, 0.2) is 23.4 Å². The SMILES string of the molecule is C[SiH](C)C1=CC=CCC1(C)C.[Ti]. The Balaban J connectivity index is 0.00000121. The Bertz CT molecular complexity index is 202. The van der Waals surface area contributed by atoms with E-state index in [0.29, 0.717) is 5.41 Å². The van der Waals surface area contributed by atoms with Crippen molar-refractivity contribution in [2.45, 2.75) is 33.4 Å². The van der Waals surface area contributed by atoms with Gasteiger partial charge < -0.3 is 0 Å². The van der Waals surface area contributed by atoms with Gasteiger partial charge >= 0.3 is 0 Å². The van der Waals surface area contributed by atoms with Gasteiger partial charge in [-0.15, -0.1) is 0 Å². The van der Waals surface area contributed by atoms with Gasteiger partial charge in [-0.2, -0.15) is 0 Å². The average molecular weight is 214 g/mol. The summed E-state index contributed by atoms with van der Waals surface area (Å²) >= 11 is 0. The minimum absolute atomic E-state index is 0. The van der Waals surface area contributed by atoms with E-state index in [-0.39, 0.29) is 21.7 Å². The fourth-order valence-corrected chi connectivity index (χ4v) is 4.03. The zero-order valence-corrected chi connectivity index (χ0v) is 11.2. The molecule has 0 aromatic heterocycles. The molecule has 12 heavy (non-hydrogen) atoms. The molecule has 0 spiro atoms. The second-order valence-electron chi connectivity index (χ2n) is 4.29. The molecule has 0 amide bonds. The first-order chi connectivity index (χ1) is 5.04. The predicted octanol–water partition coefficient (Wildman–Crippen LogP) is 2.92. The molecule has 1 aliphatic carbocycles. The van der Waals surface area contributed by atoms with E-state index in [1.165, 1.54) is 6.42 Å². The van der Waals surface area contributed by atoms with Gasteiger partial charge in [0.25, 0.3) is 0 Å². The van der Waals surface area contributed by atoms with Crippen LogP contribution in [0.2, 0.25) is 13.1 Å². The first-order valence-corrected chi connectivity index (χ1v) is 7.30. The predicted molar refractivity (Wildman–Crippen MR) is 54.5 cm³/mol. The fourth-order valence-electron chi connectivity index (χ4n) is 1.85. The van der Waals surface area contributed by atoms with Crippen LogP contribution in [0.4, 0.5) is 0 Å². The van der Waals surface area contributed by atoms with Gasteiger partial charge in [-0.05, 0) is 11.8 Å². The summed E-state index contributed by atoms with van der Waals surface area (Å²) in [6.07, 6.45) is 8.05. The average Bonchev–Trinajstić information content (AvgIpc) is 1.85. The van der Waals surface area contributed by atoms with Crippen molar-refractivity contribution in [1.82, 2.24) is 0 Å². The van der Waals surface area contributed by atoms with Crippen LogP contribution < -0.4 is 0 Å². The third kappa shape index (κ3) is 2.72. The van der Waals surface area contributed by atoms with Crippen molar-refractivity contribution in [1.29, 1.82) is 0 Å². The van der Waals surface area contributed by atoms with Gasteiger partial charge in [-0.1, -0.05) is 50.4 Å². The third-order valence-corrected chi connectivity index (χ3v) is 4.66. The molecule has 0 aliphatic heterocycles. The Kier molecular flexibility index (Phi) is 4.75. The number of hydrogen-bond acceptors (Lipinski definition) is 0. The van der Waals surface area contributed by atoms with Gasteiger partial charge in [0.2, 0.25) is 0 Å². The molecular formula is C10H18SiTi. The van der Waals surface area contributed by atoms with Crippen LogP contribution in [-0.4, -0.2) is 8.80 Å². The van der Waals surface area contributed by atoms with Gasteiger partial charge in [0.1, 0.15) is 0 Å². The van der Waals surface area contributed by atoms with E-state index in [9.17, 15) is 0 Å². The minimum Gasteiger partial charge on any atom is -0.0837 e. The summed E-state index contributed by atoms with van der Waals surface area (Å²) in [6, 6.07) is 0. The number of allylic oxidation sites excluding steroid dienone is 4. The van der Waals surface area contributed by atoms with Crippen molar-refractivity contribution in [3.8, 4) is 0 Å². The molecule has 1 rings (SSSR count). The van der Waals surface area contributed by atoms with Crippen LogP contribution in [0.25, 0.3) is 0 Å². The van der Waals surface area contributed by atoms with E-state index in [1.807, 2.05) is 0 Å². The van der Waals surface area contributed by atoms with Crippen molar-refractivity contribution in [2.24, 2.45) is 5.41 Å². The van der Waals surface area contributed by atoms with Crippen LogP contribution in [0, 0.1) is 5.41 Å². The molecule has 66 valence electrons. The number of hydrogen-bond donors (Lipinski definition) is 0. The molecule has 0 radical (unpaired) electrons. The smallest absolute Gasteiger partial charge is 0.0602 e. The Labute approximate surface area is 92.6 Å². The molecule has 0 unspecified atom stereocenters.